The monoisotopic (exact) mass is 446 g/mol. The van der Waals surface area contributed by atoms with E-state index in [1.54, 1.807) is 18.2 Å². The van der Waals surface area contributed by atoms with Crippen LogP contribution in [-0.2, 0) is 4.79 Å². The Morgan fingerprint density at radius 3 is 2.26 bits per heavy atom. The van der Waals surface area contributed by atoms with Gasteiger partial charge in [0.2, 0.25) is 5.91 Å². The van der Waals surface area contributed by atoms with Crippen molar-refractivity contribution in [3.8, 4) is 0 Å². The predicted molar refractivity (Wildman–Crippen MR) is 107 cm³/mol. The summed E-state index contributed by atoms with van der Waals surface area (Å²) >= 11 is 9.10. The highest BCUT2D eigenvalue weighted by Crippen LogP contribution is 2.23. The van der Waals surface area contributed by atoms with Crippen LogP contribution in [0.1, 0.15) is 27.7 Å². The summed E-state index contributed by atoms with van der Waals surface area (Å²) in [6.07, 6.45) is 0. The van der Waals surface area contributed by atoms with E-state index in [0.717, 1.165) is 11.1 Å². The van der Waals surface area contributed by atoms with E-state index in [-0.39, 0.29) is 24.3 Å². The lowest BCUT2D eigenvalue weighted by atomic mass is 9.98. The van der Waals surface area contributed by atoms with E-state index in [1.807, 2.05) is 42.5 Å². The second kappa shape index (κ2) is 8.88. The number of hydrogen-bond donors (Lipinski definition) is 2. The lowest BCUT2D eigenvalue weighted by molar-refractivity contribution is -0.120. The zero-order valence-corrected chi connectivity index (χ0v) is 16.5. The van der Waals surface area contributed by atoms with E-state index in [9.17, 15) is 9.59 Å². The van der Waals surface area contributed by atoms with Gasteiger partial charge in [-0.2, -0.15) is 0 Å². The van der Waals surface area contributed by atoms with Gasteiger partial charge in [-0.3, -0.25) is 9.59 Å². The summed E-state index contributed by atoms with van der Waals surface area (Å²) < 4.78 is 5.62. The first-order valence-electron chi connectivity index (χ1n) is 8.16. The largest absolute Gasteiger partial charge is 0.444 e. The lowest BCUT2D eigenvalue weighted by Crippen LogP contribution is -2.38. The zero-order valence-electron chi connectivity index (χ0n) is 14.1. The third kappa shape index (κ3) is 5.21. The third-order valence-corrected chi connectivity index (χ3v) is 4.53. The van der Waals surface area contributed by atoms with Crippen molar-refractivity contribution in [1.29, 1.82) is 0 Å². The summed E-state index contributed by atoms with van der Waals surface area (Å²) in [4.78, 5) is 24.4. The molecule has 0 saturated carbocycles. The van der Waals surface area contributed by atoms with Crippen molar-refractivity contribution < 1.29 is 14.0 Å². The van der Waals surface area contributed by atoms with Crippen molar-refractivity contribution >= 4 is 39.3 Å². The highest BCUT2D eigenvalue weighted by Gasteiger charge is 2.18. The smallest absolute Gasteiger partial charge is 0.287 e. The Kier molecular flexibility index (Phi) is 6.32. The average molecular weight is 448 g/mol. The summed E-state index contributed by atoms with van der Waals surface area (Å²) in [6.45, 7) is -0.173. The van der Waals surface area contributed by atoms with Gasteiger partial charge in [-0.15, -0.1) is 0 Å². The minimum absolute atomic E-state index is 0.131. The molecule has 0 spiro atoms. The molecule has 5 nitrogen and oxygen atoms in total. The van der Waals surface area contributed by atoms with Crippen molar-refractivity contribution in [2.45, 2.75) is 6.04 Å². The van der Waals surface area contributed by atoms with Crippen LogP contribution in [0.4, 0.5) is 0 Å². The second-order valence-corrected chi connectivity index (χ2v) is 6.97. The van der Waals surface area contributed by atoms with Crippen molar-refractivity contribution in [3.05, 3.63) is 93.3 Å². The molecular formula is C20H16BrClN2O3. The van der Waals surface area contributed by atoms with Crippen LogP contribution >= 0.6 is 27.5 Å². The SMILES string of the molecule is O=C(CNC(=O)c1ccc(Br)o1)NC(c1ccccc1)c1ccc(Cl)cc1. The zero-order chi connectivity index (χ0) is 19.2. The van der Waals surface area contributed by atoms with E-state index >= 15 is 0 Å². The maximum absolute atomic E-state index is 12.4. The average Bonchev–Trinajstić information content (AvgIpc) is 3.12. The fourth-order valence-corrected chi connectivity index (χ4v) is 2.99. The summed E-state index contributed by atoms with van der Waals surface area (Å²) in [6, 6.07) is 19.6. The molecule has 3 rings (SSSR count). The van der Waals surface area contributed by atoms with E-state index in [0.29, 0.717) is 9.69 Å². The van der Waals surface area contributed by atoms with Crippen LogP contribution in [0, 0.1) is 0 Å². The van der Waals surface area contributed by atoms with Crippen LogP contribution in [0.25, 0.3) is 0 Å². The first-order chi connectivity index (χ1) is 13.0. The van der Waals surface area contributed by atoms with Crippen molar-refractivity contribution in [2.24, 2.45) is 0 Å². The van der Waals surface area contributed by atoms with Gasteiger partial charge in [0.15, 0.2) is 10.4 Å². The van der Waals surface area contributed by atoms with Gasteiger partial charge in [0.25, 0.3) is 5.91 Å². The number of nitrogens with one attached hydrogen (secondary N) is 2. The van der Waals surface area contributed by atoms with Gasteiger partial charge in [-0.25, -0.2) is 0 Å². The number of rotatable bonds is 6. The predicted octanol–water partition coefficient (Wildman–Crippen LogP) is 4.33. The number of hydrogen-bond acceptors (Lipinski definition) is 3. The molecule has 0 aliphatic carbocycles. The lowest BCUT2D eigenvalue weighted by Gasteiger charge is -2.20. The minimum atomic E-state index is -0.460. The van der Waals surface area contributed by atoms with Gasteiger partial charge in [-0.1, -0.05) is 54.1 Å². The number of halogens is 2. The molecule has 2 aromatic carbocycles. The second-order valence-electron chi connectivity index (χ2n) is 5.75. The van der Waals surface area contributed by atoms with Crippen LogP contribution in [-0.4, -0.2) is 18.4 Å². The van der Waals surface area contributed by atoms with E-state index in [1.165, 1.54) is 6.07 Å². The summed E-state index contributed by atoms with van der Waals surface area (Å²) in [7, 11) is 0. The quantitative estimate of drug-likeness (QED) is 0.591. The molecule has 0 bridgehead atoms. The Morgan fingerprint density at radius 1 is 0.963 bits per heavy atom. The number of carbonyl (C=O) groups excluding carboxylic acids is 2. The highest BCUT2D eigenvalue weighted by atomic mass is 79.9. The summed E-state index contributed by atoms with van der Waals surface area (Å²) in [5, 5.41) is 6.11. The van der Waals surface area contributed by atoms with Crippen LogP contribution in [0.2, 0.25) is 5.02 Å². The van der Waals surface area contributed by atoms with Crippen molar-refractivity contribution in [3.63, 3.8) is 0 Å². The van der Waals surface area contributed by atoms with Gasteiger partial charge in [0, 0.05) is 5.02 Å². The fraction of sp³-hybridized carbons (Fsp3) is 0.100. The van der Waals surface area contributed by atoms with Gasteiger partial charge in [-0.05, 0) is 51.3 Å². The van der Waals surface area contributed by atoms with E-state index in [2.05, 4.69) is 26.6 Å². The molecule has 2 N–H and O–H groups in total. The van der Waals surface area contributed by atoms with Crippen LogP contribution < -0.4 is 10.6 Å². The summed E-state index contributed by atoms with van der Waals surface area (Å²) in [5.74, 6) is -0.650. The van der Waals surface area contributed by atoms with Crippen LogP contribution in [0.5, 0.6) is 0 Å². The van der Waals surface area contributed by atoms with E-state index in [4.69, 9.17) is 16.0 Å². The fourth-order valence-electron chi connectivity index (χ4n) is 2.56. The highest BCUT2D eigenvalue weighted by molar-refractivity contribution is 9.10. The Morgan fingerprint density at radius 2 is 1.63 bits per heavy atom. The van der Waals surface area contributed by atoms with Gasteiger partial charge >= 0.3 is 0 Å². The molecule has 1 aromatic heterocycles. The molecule has 1 unspecified atom stereocenters. The minimum Gasteiger partial charge on any atom is -0.444 e. The number of furan rings is 1. The number of benzene rings is 2. The summed E-state index contributed by atoms with van der Waals surface area (Å²) in [5.41, 5.74) is 1.81. The number of amides is 2. The normalized spacial score (nSPS) is 11.6. The van der Waals surface area contributed by atoms with E-state index < -0.39 is 5.91 Å². The molecule has 0 aliphatic rings. The first-order valence-corrected chi connectivity index (χ1v) is 9.33. The molecule has 138 valence electrons. The molecule has 1 atom stereocenters. The molecule has 7 heteroatoms. The molecule has 0 fully saturated rings. The molecule has 0 aliphatic heterocycles. The molecule has 0 saturated heterocycles. The third-order valence-electron chi connectivity index (χ3n) is 3.85. The molecule has 2 amide bonds. The van der Waals surface area contributed by atoms with Crippen LogP contribution in [0.15, 0.2) is 75.8 Å². The molecule has 1 heterocycles. The molecule has 3 aromatic rings. The molecular weight excluding hydrogens is 432 g/mol. The topological polar surface area (TPSA) is 71.3 Å². The molecule has 27 heavy (non-hydrogen) atoms. The van der Waals surface area contributed by atoms with Crippen molar-refractivity contribution in [2.75, 3.05) is 6.54 Å². The van der Waals surface area contributed by atoms with Gasteiger partial charge < -0.3 is 15.1 Å². The maximum atomic E-state index is 12.4. The van der Waals surface area contributed by atoms with Gasteiger partial charge in [0.05, 0.1) is 12.6 Å². The van der Waals surface area contributed by atoms with Gasteiger partial charge in [0.1, 0.15) is 0 Å². The van der Waals surface area contributed by atoms with Crippen molar-refractivity contribution in [1.82, 2.24) is 10.6 Å². The first kappa shape index (κ1) is 19.2. The standard InChI is InChI=1S/C20H16BrClN2O3/c21-17-11-10-16(27-17)20(26)23-12-18(25)24-19(13-4-2-1-3-5-13)14-6-8-15(22)9-7-14/h1-11,19H,12H2,(H,23,26)(H,24,25). The Hall–Kier alpha value is -2.57. The Labute approximate surface area is 169 Å². The maximum Gasteiger partial charge on any atom is 0.287 e. The number of carbonyl (C=O) groups is 2. The Bertz CT molecular complexity index is 926. The van der Waals surface area contributed by atoms with Crippen LogP contribution in [0.3, 0.4) is 0 Å². The molecule has 0 radical (unpaired) electrons. The Balaban J connectivity index is 1.69.